The van der Waals surface area contributed by atoms with Gasteiger partial charge in [-0.1, -0.05) is 103 Å². The van der Waals surface area contributed by atoms with E-state index in [-0.39, 0.29) is 24.3 Å². The lowest BCUT2D eigenvalue weighted by molar-refractivity contribution is -0.139. The molecular weight excluding hydrogens is 474 g/mol. The summed E-state index contributed by atoms with van der Waals surface area (Å²) in [5.41, 5.74) is 4.13. The molecule has 0 spiro atoms. The van der Waals surface area contributed by atoms with E-state index in [0.717, 1.165) is 18.4 Å². The molecule has 0 aliphatic heterocycles. The Morgan fingerprint density at radius 2 is 1.37 bits per heavy atom. The molecule has 4 aromatic carbocycles. The number of hydrogen-bond acceptors (Lipinski definition) is 4. The van der Waals surface area contributed by atoms with Gasteiger partial charge in [0.2, 0.25) is 0 Å². The Kier molecular flexibility index (Phi) is 9.82. The van der Waals surface area contributed by atoms with Crippen LogP contribution in [0, 0.1) is 0 Å². The maximum Gasteiger partial charge on any atom is 0.341 e. The topological polar surface area (TPSA) is 75.6 Å². The van der Waals surface area contributed by atoms with E-state index >= 15 is 0 Å². The Morgan fingerprint density at radius 1 is 0.763 bits per heavy atom. The Bertz CT molecular complexity index is 1250. The van der Waals surface area contributed by atoms with Gasteiger partial charge >= 0.3 is 5.97 Å². The van der Waals surface area contributed by atoms with Crippen molar-refractivity contribution in [2.24, 2.45) is 0 Å². The van der Waals surface area contributed by atoms with Gasteiger partial charge in [0.05, 0.1) is 6.04 Å². The summed E-state index contributed by atoms with van der Waals surface area (Å²) >= 11 is 0. The molecular formula is C33H33NO4. The van der Waals surface area contributed by atoms with Crippen LogP contribution < -0.4 is 10.1 Å². The first kappa shape index (κ1) is 26.8. The van der Waals surface area contributed by atoms with Crippen molar-refractivity contribution in [1.82, 2.24) is 5.32 Å². The van der Waals surface area contributed by atoms with Crippen LogP contribution in [0.5, 0.6) is 5.75 Å². The van der Waals surface area contributed by atoms with Gasteiger partial charge in [-0.05, 0) is 54.6 Å². The molecule has 0 aliphatic carbocycles. The van der Waals surface area contributed by atoms with E-state index in [1.807, 2.05) is 84.9 Å². The molecule has 0 amide bonds. The summed E-state index contributed by atoms with van der Waals surface area (Å²) < 4.78 is 5.30. The van der Waals surface area contributed by atoms with Crippen molar-refractivity contribution in [3.8, 4) is 5.75 Å². The van der Waals surface area contributed by atoms with Gasteiger partial charge in [-0.2, -0.15) is 0 Å². The zero-order chi connectivity index (χ0) is 26.6. The smallest absolute Gasteiger partial charge is 0.341 e. The fourth-order valence-corrected chi connectivity index (χ4v) is 4.66. The van der Waals surface area contributed by atoms with E-state index in [9.17, 15) is 9.59 Å². The van der Waals surface area contributed by atoms with Crippen molar-refractivity contribution in [3.63, 3.8) is 0 Å². The van der Waals surface area contributed by atoms with Crippen LogP contribution in [0.3, 0.4) is 0 Å². The lowest BCUT2D eigenvalue weighted by Crippen LogP contribution is -2.39. The number of carboxylic acids is 1. The highest BCUT2D eigenvalue weighted by Gasteiger charge is 2.25. The van der Waals surface area contributed by atoms with Crippen molar-refractivity contribution in [2.75, 3.05) is 13.2 Å². The molecule has 0 saturated carbocycles. The number of nitrogens with one attached hydrogen (secondary N) is 1. The number of aliphatic carboxylic acids is 1. The summed E-state index contributed by atoms with van der Waals surface area (Å²) in [6.45, 7) is 0.304. The van der Waals surface area contributed by atoms with Crippen LogP contribution in [-0.4, -0.2) is 36.1 Å². The van der Waals surface area contributed by atoms with Crippen LogP contribution in [0.2, 0.25) is 0 Å². The zero-order valence-electron chi connectivity index (χ0n) is 21.3. The van der Waals surface area contributed by atoms with Gasteiger partial charge in [0.15, 0.2) is 12.4 Å². The molecule has 1 atom stereocenters. The number of Topliss-reactive ketones (excluding diaryl/α,β-unsaturated/α-hetero) is 1. The molecule has 0 saturated heterocycles. The van der Waals surface area contributed by atoms with Crippen LogP contribution >= 0.6 is 0 Å². The maximum absolute atomic E-state index is 13.7. The second-order valence-corrected chi connectivity index (χ2v) is 9.28. The predicted molar refractivity (Wildman–Crippen MR) is 150 cm³/mol. The van der Waals surface area contributed by atoms with Crippen LogP contribution in [0.15, 0.2) is 115 Å². The number of aryl methyl sites for hydroxylation is 1. The van der Waals surface area contributed by atoms with Gasteiger partial charge in [-0.3, -0.25) is 4.79 Å². The third kappa shape index (κ3) is 7.89. The fraction of sp³-hybridized carbons (Fsp3) is 0.212. The largest absolute Gasteiger partial charge is 0.482 e. The molecule has 0 fully saturated rings. The Labute approximate surface area is 224 Å². The minimum atomic E-state index is -1.00. The van der Waals surface area contributed by atoms with E-state index in [1.165, 1.54) is 11.1 Å². The first-order chi connectivity index (χ1) is 18.6. The van der Waals surface area contributed by atoms with E-state index in [1.54, 1.807) is 6.07 Å². The normalized spacial score (nSPS) is 11.7. The maximum atomic E-state index is 13.7. The quantitative estimate of drug-likeness (QED) is 0.158. The fourth-order valence-electron chi connectivity index (χ4n) is 4.66. The minimum absolute atomic E-state index is 0.0747. The molecule has 5 heteroatoms. The molecule has 0 radical (unpaired) electrons. The molecule has 2 N–H and O–H groups in total. The highest BCUT2D eigenvalue weighted by atomic mass is 16.5. The van der Waals surface area contributed by atoms with Gasteiger partial charge in [-0.15, -0.1) is 0 Å². The van der Waals surface area contributed by atoms with E-state index in [4.69, 9.17) is 9.84 Å². The highest BCUT2D eigenvalue weighted by Crippen LogP contribution is 2.30. The second-order valence-electron chi connectivity index (χ2n) is 9.28. The monoisotopic (exact) mass is 507 g/mol. The van der Waals surface area contributed by atoms with Gasteiger partial charge in [0, 0.05) is 11.5 Å². The van der Waals surface area contributed by atoms with Crippen molar-refractivity contribution in [1.29, 1.82) is 0 Å². The third-order valence-electron chi connectivity index (χ3n) is 6.54. The third-order valence-corrected chi connectivity index (χ3v) is 6.54. The Balaban J connectivity index is 1.47. The lowest BCUT2D eigenvalue weighted by atomic mass is 9.84. The average Bonchev–Trinajstić information content (AvgIpc) is 2.97. The first-order valence-electron chi connectivity index (χ1n) is 13.0. The Hall–Kier alpha value is -4.22. The van der Waals surface area contributed by atoms with Crippen LogP contribution in [0.1, 0.15) is 45.8 Å². The van der Waals surface area contributed by atoms with Gasteiger partial charge in [0.1, 0.15) is 5.75 Å². The average molecular weight is 508 g/mol. The van der Waals surface area contributed by atoms with E-state index in [2.05, 4.69) is 29.6 Å². The highest BCUT2D eigenvalue weighted by molar-refractivity contribution is 6.00. The summed E-state index contributed by atoms with van der Waals surface area (Å²) in [4.78, 5) is 24.4. The van der Waals surface area contributed by atoms with Crippen molar-refractivity contribution >= 4 is 11.8 Å². The van der Waals surface area contributed by atoms with Crippen molar-refractivity contribution in [3.05, 3.63) is 138 Å². The number of rotatable bonds is 14. The number of ketones is 1. The van der Waals surface area contributed by atoms with E-state index in [0.29, 0.717) is 24.3 Å². The van der Waals surface area contributed by atoms with Gasteiger partial charge in [-0.25, -0.2) is 4.79 Å². The Morgan fingerprint density at radius 3 is 1.97 bits per heavy atom. The van der Waals surface area contributed by atoms with Gasteiger partial charge in [0.25, 0.3) is 0 Å². The minimum Gasteiger partial charge on any atom is -0.482 e. The van der Waals surface area contributed by atoms with E-state index < -0.39 is 5.97 Å². The number of carbonyl (C=O) groups excluding carboxylic acids is 1. The standard InChI is InChI=1S/C33H33NO4/c35-32(36)24-38-29-20-10-12-25(22-29)13-11-21-34-31(33(37)28-18-8-3-9-19-28)23-30(26-14-4-1-5-15-26)27-16-6-2-7-17-27/h1-10,12,14-20,22,30-31,34H,11,13,21,23-24H2,(H,35,36). The molecule has 38 heavy (non-hydrogen) atoms. The van der Waals surface area contributed by atoms with Crippen molar-refractivity contribution < 1.29 is 19.4 Å². The lowest BCUT2D eigenvalue weighted by Gasteiger charge is -2.25. The zero-order valence-corrected chi connectivity index (χ0v) is 21.3. The molecule has 194 valence electrons. The molecule has 0 bridgehead atoms. The number of carboxylic acid groups (broad SMARTS) is 1. The summed E-state index contributed by atoms with van der Waals surface area (Å²) in [7, 11) is 0. The SMILES string of the molecule is O=C(O)COc1cccc(CCCNC(CC(c2ccccc2)c2ccccc2)C(=O)c2ccccc2)c1. The predicted octanol–water partition coefficient (Wildman–Crippen LogP) is 6.15. The molecule has 0 aliphatic rings. The molecule has 4 rings (SSSR count). The molecule has 0 aromatic heterocycles. The summed E-state index contributed by atoms with van der Waals surface area (Å²) in [5.74, 6) is -0.293. The van der Waals surface area contributed by atoms with Crippen LogP contribution in [0.4, 0.5) is 0 Å². The molecule has 0 heterocycles. The van der Waals surface area contributed by atoms with Crippen LogP contribution in [0.25, 0.3) is 0 Å². The molecule has 1 unspecified atom stereocenters. The summed E-state index contributed by atoms with van der Waals surface area (Å²) in [6, 6.07) is 37.3. The number of benzene rings is 4. The molecule has 5 nitrogen and oxygen atoms in total. The van der Waals surface area contributed by atoms with Gasteiger partial charge < -0.3 is 15.2 Å². The van der Waals surface area contributed by atoms with Crippen molar-refractivity contribution in [2.45, 2.75) is 31.2 Å². The first-order valence-corrected chi connectivity index (χ1v) is 13.0. The molecule has 4 aromatic rings. The summed E-state index contributed by atoms with van der Waals surface area (Å²) in [5, 5.41) is 12.4. The number of carbonyl (C=O) groups is 2. The van der Waals surface area contributed by atoms with Crippen LogP contribution in [-0.2, 0) is 11.2 Å². The number of hydrogen-bond donors (Lipinski definition) is 2. The summed E-state index contributed by atoms with van der Waals surface area (Å²) in [6.07, 6.45) is 2.24. The number of ether oxygens (including phenoxy) is 1. The second kappa shape index (κ2) is 13.9.